The Morgan fingerprint density at radius 2 is 1.87 bits per heavy atom. The Morgan fingerprint density at radius 1 is 1.10 bits per heavy atom. The summed E-state index contributed by atoms with van der Waals surface area (Å²) in [5.74, 6) is 0.650. The maximum absolute atomic E-state index is 13.2. The van der Waals surface area contributed by atoms with Crippen LogP contribution in [0.5, 0.6) is 5.75 Å². The van der Waals surface area contributed by atoms with Crippen molar-refractivity contribution in [3.8, 4) is 16.9 Å². The van der Waals surface area contributed by atoms with Crippen LogP contribution >= 0.6 is 0 Å². The molecule has 2 aromatic carbocycles. The van der Waals surface area contributed by atoms with Crippen molar-refractivity contribution in [2.75, 3.05) is 0 Å². The highest BCUT2D eigenvalue weighted by atomic mass is 16.5. The highest BCUT2D eigenvalue weighted by Gasteiger charge is 2.48. The highest BCUT2D eigenvalue weighted by Crippen LogP contribution is 2.46. The molecule has 0 saturated heterocycles. The molecule has 0 radical (unpaired) electrons. The van der Waals surface area contributed by atoms with Crippen LogP contribution in [0.15, 0.2) is 60.8 Å². The molecule has 30 heavy (non-hydrogen) atoms. The summed E-state index contributed by atoms with van der Waals surface area (Å²) in [4.78, 5) is 19.3. The number of aliphatic hydroxyl groups excluding tert-OH is 1. The van der Waals surface area contributed by atoms with Gasteiger partial charge in [0, 0.05) is 29.6 Å². The first-order valence-electron chi connectivity index (χ1n) is 10.2. The Hall–Kier alpha value is -3.18. The molecular formula is C25H24N2O3. The number of ether oxygens (including phenoxy) is 1. The topological polar surface area (TPSA) is 62.7 Å². The van der Waals surface area contributed by atoms with Crippen molar-refractivity contribution >= 4 is 5.91 Å². The summed E-state index contributed by atoms with van der Waals surface area (Å²) in [6.45, 7) is 6.16. The third kappa shape index (κ3) is 2.89. The molecule has 0 bridgehead atoms. The number of fused-ring (bicyclic) bond motifs is 2. The van der Waals surface area contributed by atoms with Crippen LogP contribution in [0.2, 0.25) is 0 Å². The van der Waals surface area contributed by atoms with Gasteiger partial charge < -0.3 is 14.7 Å². The van der Waals surface area contributed by atoms with Crippen LogP contribution in [0.4, 0.5) is 0 Å². The fourth-order valence-electron chi connectivity index (χ4n) is 4.51. The largest absolute Gasteiger partial charge is 0.485 e. The molecule has 2 aliphatic heterocycles. The van der Waals surface area contributed by atoms with Crippen LogP contribution in [0.3, 0.4) is 0 Å². The molecule has 1 aromatic heterocycles. The fourth-order valence-corrected chi connectivity index (χ4v) is 4.51. The second-order valence-electron chi connectivity index (χ2n) is 8.62. The van der Waals surface area contributed by atoms with Crippen molar-refractivity contribution in [3.05, 3.63) is 83.2 Å². The third-order valence-corrected chi connectivity index (χ3v) is 6.13. The van der Waals surface area contributed by atoms with E-state index in [0.717, 1.165) is 27.9 Å². The number of aliphatic hydroxyl groups is 1. The highest BCUT2D eigenvalue weighted by molar-refractivity contribution is 5.98. The van der Waals surface area contributed by atoms with E-state index in [1.807, 2.05) is 75.4 Å². The number of benzene rings is 2. The van der Waals surface area contributed by atoms with Gasteiger partial charge in [-0.3, -0.25) is 9.78 Å². The summed E-state index contributed by atoms with van der Waals surface area (Å²) in [6, 6.07) is 17.1. The van der Waals surface area contributed by atoms with Crippen LogP contribution in [-0.2, 0) is 6.54 Å². The minimum absolute atomic E-state index is 0.0524. The van der Waals surface area contributed by atoms with Crippen molar-refractivity contribution < 1.29 is 14.6 Å². The normalized spacial score (nSPS) is 21.7. The van der Waals surface area contributed by atoms with Crippen molar-refractivity contribution in [2.45, 2.75) is 45.1 Å². The van der Waals surface area contributed by atoms with Gasteiger partial charge in [0.25, 0.3) is 5.91 Å². The van der Waals surface area contributed by atoms with Crippen LogP contribution in [0.1, 0.15) is 47.1 Å². The molecule has 3 heterocycles. The van der Waals surface area contributed by atoms with E-state index in [9.17, 15) is 9.90 Å². The standard InChI is InChI=1S/C25H24N2O3/c1-15-12-17(10-11-26-15)16-8-9-21-20(13-16)22(23(28)25(2,3)30-21)27-14-18-6-4-5-7-19(18)24(27)29/h4-13,22-23,28H,14H2,1-3H3/t22-,23+/m1/s1. The van der Waals surface area contributed by atoms with E-state index in [1.165, 1.54) is 0 Å². The number of pyridine rings is 1. The number of hydrogen-bond donors (Lipinski definition) is 1. The zero-order valence-electron chi connectivity index (χ0n) is 17.3. The van der Waals surface area contributed by atoms with E-state index >= 15 is 0 Å². The Bertz CT molecular complexity index is 1150. The van der Waals surface area contributed by atoms with Gasteiger partial charge in [0.1, 0.15) is 17.5 Å². The maximum Gasteiger partial charge on any atom is 0.255 e. The summed E-state index contributed by atoms with van der Waals surface area (Å²) >= 11 is 0. The lowest BCUT2D eigenvalue weighted by molar-refractivity contribution is -0.0867. The third-order valence-electron chi connectivity index (χ3n) is 6.13. The van der Waals surface area contributed by atoms with E-state index in [2.05, 4.69) is 4.98 Å². The molecule has 0 unspecified atom stereocenters. The number of aromatic nitrogens is 1. The average molecular weight is 400 g/mol. The lowest BCUT2D eigenvalue weighted by Gasteiger charge is -2.45. The van der Waals surface area contributed by atoms with E-state index in [0.29, 0.717) is 17.9 Å². The molecule has 5 rings (SSSR count). The number of carbonyl (C=O) groups excluding carboxylic acids is 1. The number of carbonyl (C=O) groups is 1. The van der Waals surface area contributed by atoms with Gasteiger partial charge >= 0.3 is 0 Å². The Balaban J connectivity index is 1.63. The SMILES string of the molecule is Cc1cc(-c2ccc3c(c2)[C@@H](N2Cc4ccccc4C2=O)[C@H](O)C(C)(C)O3)ccn1. The number of nitrogens with zero attached hydrogens (tertiary/aromatic N) is 2. The van der Waals surface area contributed by atoms with Crippen LogP contribution in [0.25, 0.3) is 11.1 Å². The van der Waals surface area contributed by atoms with Crippen molar-refractivity contribution in [2.24, 2.45) is 0 Å². The first-order valence-corrected chi connectivity index (χ1v) is 10.2. The lowest BCUT2D eigenvalue weighted by Crippen LogP contribution is -2.53. The van der Waals surface area contributed by atoms with Gasteiger partial charge in [0.05, 0.1) is 6.04 Å². The molecule has 152 valence electrons. The Labute approximate surface area is 176 Å². The average Bonchev–Trinajstić information content (AvgIpc) is 3.05. The first-order chi connectivity index (χ1) is 14.3. The zero-order chi connectivity index (χ0) is 21.0. The molecule has 0 spiro atoms. The van der Waals surface area contributed by atoms with Gasteiger partial charge in [-0.15, -0.1) is 0 Å². The summed E-state index contributed by atoms with van der Waals surface area (Å²) in [7, 11) is 0. The Morgan fingerprint density at radius 3 is 2.63 bits per heavy atom. The van der Waals surface area contributed by atoms with E-state index in [-0.39, 0.29) is 5.91 Å². The summed E-state index contributed by atoms with van der Waals surface area (Å²) in [5.41, 5.74) is 4.68. The van der Waals surface area contributed by atoms with Crippen LogP contribution < -0.4 is 4.74 Å². The van der Waals surface area contributed by atoms with Crippen molar-refractivity contribution in [1.29, 1.82) is 0 Å². The van der Waals surface area contributed by atoms with E-state index < -0.39 is 17.7 Å². The molecule has 1 N–H and O–H groups in total. The van der Waals surface area contributed by atoms with Gasteiger partial charge in [-0.05, 0) is 67.8 Å². The monoisotopic (exact) mass is 400 g/mol. The predicted octanol–water partition coefficient (Wildman–Crippen LogP) is 4.29. The number of hydrogen-bond acceptors (Lipinski definition) is 4. The molecule has 5 heteroatoms. The maximum atomic E-state index is 13.2. The number of aryl methyl sites for hydroxylation is 1. The minimum atomic E-state index is -0.863. The lowest BCUT2D eigenvalue weighted by atomic mass is 9.84. The number of rotatable bonds is 2. The molecule has 0 aliphatic carbocycles. The quantitative estimate of drug-likeness (QED) is 0.697. The smallest absolute Gasteiger partial charge is 0.255 e. The van der Waals surface area contributed by atoms with Gasteiger partial charge in [-0.25, -0.2) is 0 Å². The summed E-state index contributed by atoms with van der Waals surface area (Å²) < 4.78 is 6.15. The molecule has 2 aliphatic rings. The minimum Gasteiger partial charge on any atom is -0.485 e. The molecule has 5 nitrogen and oxygen atoms in total. The van der Waals surface area contributed by atoms with Crippen molar-refractivity contribution in [1.82, 2.24) is 9.88 Å². The van der Waals surface area contributed by atoms with Crippen molar-refractivity contribution in [3.63, 3.8) is 0 Å². The second-order valence-corrected chi connectivity index (χ2v) is 8.62. The molecule has 2 atom stereocenters. The van der Waals surface area contributed by atoms with Crippen LogP contribution in [0, 0.1) is 6.92 Å². The van der Waals surface area contributed by atoms with Gasteiger partial charge in [-0.2, -0.15) is 0 Å². The molecule has 3 aromatic rings. The first kappa shape index (κ1) is 18.8. The fraction of sp³-hybridized carbons (Fsp3) is 0.280. The zero-order valence-corrected chi connectivity index (χ0v) is 17.3. The van der Waals surface area contributed by atoms with Gasteiger partial charge in [0.2, 0.25) is 0 Å². The number of amides is 1. The second kappa shape index (κ2) is 6.67. The van der Waals surface area contributed by atoms with Gasteiger partial charge in [0.15, 0.2) is 0 Å². The molecule has 1 amide bonds. The summed E-state index contributed by atoms with van der Waals surface area (Å²) in [5, 5.41) is 11.3. The molecule has 0 fully saturated rings. The molecule has 0 saturated carbocycles. The predicted molar refractivity (Wildman–Crippen MR) is 114 cm³/mol. The summed E-state index contributed by atoms with van der Waals surface area (Å²) in [6.07, 6.45) is 0.925. The van der Waals surface area contributed by atoms with Gasteiger partial charge in [-0.1, -0.05) is 24.3 Å². The van der Waals surface area contributed by atoms with E-state index in [1.54, 1.807) is 11.1 Å². The van der Waals surface area contributed by atoms with Crippen LogP contribution in [-0.4, -0.2) is 32.6 Å². The molecular weight excluding hydrogens is 376 g/mol. The van der Waals surface area contributed by atoms with E-state index in [4.69, 9.17) is 4.74 Å². The Kier molecular flexibility index (Phi) is 4.19.